The molecule has 1 atom stereocenters. The summed E-state index contributed by atoms with van der Waals surface area (Å²) < 4.78 is 13.8. The molecule has 1 unspecified atom stereocenters. The molecule has 0 radical (unpaired) electrons. The van der Waals surface area contributed by atoms with Crippen LogP contribution in [0, 0.1) is 17.7 Å². The van der Waals surface area contributed by atoms with Crippen molar-refractivity contribution >= 4 is 0 Å². The molecular weight excluding hydrogens is 249 g/mol. The molecule has 1 nitrogen and oxygen atoms in total. The largest absolute Gasteiger partial charge is 0.316 e. The molecule has 112 valence electrons. The molecule has 2 rings (SSSR count). The lowest BCUT2D eigenvalue weighted by Crippen LogP contribution is -2.37. The molecule has 0 bridgehead atoms. The van der Waals surface area contributed by atoms with E-state index in [1.807, 2.05) is 19.2 Å². The summed E-state index contributed by atoms with van der Waals surface area (Å²) in [4.78, 5) is 0. The molecule has 0 amide bonds. The Morgan fingerprint density at radius 2 is 1.90 bits per heavy atom. The number of nitrogens with one attached hydrogen (secondary N) is 1. The highest BCUT2D eigenvalue weighted by Gasteiger charge is 2.26. The molecular formula is C18H28FN. The molecule has 0 aliphatic heterocycles. The zero-order chi connectivity index (χ0) is 14.4. The van der Waals surface area contributed by atoms with Crippen LogP contribution in [0.1, 0.15) is 51.0 Å². The number of hydrogen-bond donors (Lipinski definition) is 1. The lowest BCUT2D eigenvalue weighted by atomic mass is 9.76. The van der Waals surface area contributed by atoms with E-state index < -0.39 is 0 Å². The molecule has 1 aliphatic rings. The van der Waals surface area contributed by atoms with Gasteiger partial charge in [-0.1, -0.05) is 50.8 Å². The topological polar surface area (TPSA) is 12.0 Å². The Labute approximate surface area is 123 Å². The standard InChI is InChI=1S/C18H28FN/c1-3-6-14-9-11-15(12-10-14)18(20-2)13-16-7-4-5-8-17(16)19/h4-5,7-8,14-15,18,20H,3,6,9-13H2,1-2H3. The van der Waals surface area contributed by atoms with Crippen molar-refractivity contribution in [1.29, 1.82) is 0 Å². The quantitative estimate of drug-likeness (QED) is 0.803. The van der Waals surface area contributed by atoms with Crippen LogP contribution in [0.3, 0.4) is 0 Å². The van der Waals surface area contributed by atoms with Crippen molar-refractivity contribution in [2.75, 3.05) is 7.05 Å². The third-order valence-electron chi connectivity index (χ3n) is 4.93. The van der Waals surface area contributed by atoms with Gasteiger partial charge in [-0.3, -0.25) is 0 Å². The Bertz CT molecular complexity index is 396. The summed E-state index contributed by atoms with van der Waals surface area (Å²) in [7, 11) is 2.02. The van der Waals surface area contributed by atoms with Gasteiger partial charge in [-0.15, -0.1) is 0 Å². The predicted octanol–water partition coefficient (Wildman–Crippen LogP) is 4.56. The van der Waals surface area contributed by atoms with Gasteiger partial charge in [-0.25, -0.2) is 4.39 Å². The summed E-state index contributed by atoms with van der Waals surface area (Å²) in [5.74, 6) is 1.57. The lowest BCUT2D eigenvalue weighted by Gasteiger charge is -2.34. The van der Waals surface area contributed by atoms with Gasteiger partial charge in [0, 0.05) is 6.04 Å². The first-order valence-electron chi connectivity index (χ1n) is 8.15. The molecule has 2 heteroatoms. The minimum Gasteiger partial charge on any atom is -0.316 e. The van der Waals surface area contributed by atoms with Crippen LogP contribution in [0.25, 0.3) is 0 Å². The van der Waals surface area contributed by atoms with Crippen molar-refractivity contribution < 1.29 is 4.39 Å². The Kier molecular flexibility index (Phi) is 6.03. The van der Waals surface area contributed by atoms with Gasteiger partial charge < -0.3 is 5.32 Å². The molecule has 1 aromatic carbocycles. The van der Waals surface area contributed by atoms with Crippen LogP contribution < -0.4 is 5.32 Å². The van der Waals surface area contributed by atoms with Crippen molar-refractivity contribution in [2.45, 2.75) is 57.9 Å². The molecule has 1 aliphatic carbocycles. The van der Waals surface area contributed by atoms with Gasteiger partial charge in [0.25, 0.3) is 0 Å². The highest BCUT2D eigenvalue weighted by Crippen LogP contribution is 2.34. The maximum absolute atomic E-state index is 13.8. The first-order valence-corrected chi connectivity index (χ1v) is 8.15. The van der Waals surface area contributed by atoms with E-state index in [2.05, 4.69) is 12.2 Å². The van der Waals surface area contributed by atoms with E-state index in [4.69, 9.17) is 0 Å². The predicted molar refractivity (Wildman–Crippen MR) is 83.3 cm³/mol. The van der Waals surface area contributed by atoms with Gasteiger partial charge in [0.2, 0.25) is 0 Å². The van der Waals surface area contributed by atoms with E-state index in [-0.39, 0.29) is 5.82 Å². The Hall–Kier alpha value is -0.890. The number of likely N-dealkylation sites (N-methyl/N-ethyl adjacent to an activating group) is 1. The molecule has 1 saturated carbocycles. The maximum Gasteiger partial charge on any atom is 0.126 e. The lowest BCUT2D eigenvalue weighted by molar-refractivity contribution is 0.217. The van der Waals surface area contributed by atoms with Crippen molar-refractivity contribution in [2.24, 2.45) is 11.8 Å². The van der Waals surface area contributed by atoms with Crippen molar-refractivity contribution in [3.05, 3.63) is 35.6 Å². The van der Waals surface area contributed by atoms with Gasteiger partial charge in [0.15, 0.2) is 0 Å². The second-order valence-corrected chi connectivity index (χ2v) is 6.26. The number of benzene rings is 1. The van der Waals surface area contributed by atoms with Gasteiger partial charge in [0.1, 0.15) is 5.82 Å². The Morgan fingerprint density at radius 1 is 1.20 bits per heavy atom. The highest BCUT2D eigenvalue weighted by atomic mass is 19.1. The Balaban J connectivity index is 1.91. The van der Waals surface area contributed by atoms with Crippen LogP contribution in [0.4, 0.5) is 4.39 Å². The van der Waals surface area contributed by atoms with Gasteiger partial charge >= 0.3 is 0 Å². The fourth-order valence-electron chi connectivity index (χ4n) is 3.69. The third-order valence-corrected chi connectivity index (χ3v) is 4.93. The highest BCUT2D eigenvalue weighted by molar-refractivity contribution is 5.18. The molecule has 20 heavy (non-hydrogen) atoms. The average molecular weight is 277 g/mol. The zero-order valence-corrected chi connectivity index (χ0v) is 12.9. The minimum absolute atomic E-state index is 0.0626. The first kappa shape index (κ1) is 15.5. The fourth-order valence-corrected chi connectivity index (χ4v) is 3.69. The molecule has 0 aromatic heterocycles. The monoisotopic (exact) mass is 277 g/mol. The summed E-state index contributed by atoms with van der Waals surface area (Å²) in [6.07, 6.45) is 8.80. The van der Waals surface area contributed by atoms with Gasteiger partial charge in [-0.2, -0.15) is 0 Å². The fraction of sp³-hybridized carbons (Fsp3) is 0.667. The normalized spacial score (nSPS) is 24.6. The van der Waals surface area contributed by atoms with Crippen LogP contribution in [0.5, 0.6) is 0 Å². The average Bonchev–Trinajstić information content (AvgIpc) is 2.48. The SMILES string of the molecule is CCCC1CCC(C(Cc2ccccc2F)NC)CC1. The summed E-state index contributed by atoms with van der Waals surface area (Å²) in [5.41, 5.74) is 0.850. The van der Waals surface area contributed by atoms with Crippen LogP contribution in [-0.4, -0.2) is 13.1 Å². The zero-order valence-electron chi connectivity index (χ0n) is 12.9. The van der Waals surface area contributed by atoms with Crippen LogP contribution >= 0.6 is 0 Å². The summed E-state index contributed by atoms with van der Waals surface area (Å²) in [5, 5.41) is 3.43. The van der Waals surface area contributed by atoms with Crippen molar-refractivity contribution in [3.63, 3.8) is 0 Å². The number of hydrogen-bond acceptors (Lipinski definition) is 1. The van der Waals surface area contributed by atoms with Crippen molar-refractivity contribution in [3.8, 4) is 0 Å². The first-order chi connectivity index (χ1) is 9.74. The van der Waals surface area contributed by atoms with E-state index in [1.165, 1.54) is 38.5 Å². The third kappa shape index (κ3) is 4.05. The second-order valence-electron chi connectivity index (χ2n) is 6.26. The van der Waals surface area contributed by atoms with E-state index in [1.54, 1.807) is 12.1 Å². The molecule has 1 N–H and O–H groups in total. The molecule has 0 spiro atoms. The van der Waals surface area contributed by atoms with E-state index in [0.717, 1.165) is 17.9 Å². The van der Waals surface area contributed by atoms with Crippen LogP contribution in [0.15, 0.2) is 24.3 Å². The Morgan fingerprint density at radius 3 is 2.50 bits per heavy atom. The molecule has 0 heterocycles. The summed E-state index contributed by atoms with van der Waals surface area (Å²) >= 11 is 0. The molecule has 1 fully saturated rings. The van der Waals surface area contributed by atoms with Crippen LogP contribution in [-0.2, 0) is 6.42 Å². The van der Waals surface area contributed by atoms with Crippen molar-refractivity contribution in [1.82, 2.24) is 5.32 Å². The van der Waals surface area contributed by atoms with E-state index in [9.17, 15) is 4.39 Å². The van der Waals surface area contributed by atoms with Gasteiger partial charge in [0.05, 0.1) is 0 Å². The smallest absolute Gasteiger partial charge is 0.126 e. The maximum atomic E-state index is 13.8. The molecule has 0 saturated heterocycles. The summed E-state index contributed by atoms with van der Waals surface area (Å²) in [6, 6.07) is 7.60. The number of rotatable bonds is 6. The minimum atomic E-state index is -0.0626. The van der Waals surface area contributed by atoms with Gasteiger partial charge in [-0.05, 0) is 49.8 Å². The summed E-state index contributed by atoms with van der Waals surface area (Å²) in [6.45, 7) is 2.28. The van der Waals surface area contributed by atoms with Crippen LogP contribution in [0.2, 0.25) is 0 Å². The number of halogens is 1. The van der Waals surface area contributed by atoms with E-state index >= 15 is 0 Å². The van der Waals surface area contributed by atoms with E-state index in [0.29, 0.717) is 12.0 Å². The molecule has 1 aromatic rings. The second kappa shape index (κ2) is 7.78.